The molecule has 102 valence electrons. The van der Waals surface area contributed by atoms with Crippen LogP contribution in [0.2, 0.25) is 0 Å². The maximum atomic E-state index is 5.14. The van der Waals surface area contributed by atoms with Crippen molar-refractivity contribution in [1.29, 1.82) is 0 Å². The first-order chi connectivity index (χ1) is 8.58. The van der Waals surface area contributed by atoms with Gasteiger partial charge in [0.15, 0.2) is 0 Å². The molecule has 0 aliphatic heterocycles. The fourth-order valence-corrected chi connectivity index (χ4v) is 2.06. The summed E-state index contributed by atoms with van der Waals surface area (Å²) in [6, 6.07) is 2.05. The van der Waals surface area contributed by atoms with Crippen molar-refractivity contribution in [3.05, 3.63) is 17.5 Å². The van der Waals surface area contributed by atoms with E-state index in [1.807, 2.05) is 6.92 Å². The third kappa shape index (κ3) is 4.53. The SMILES string of the molecule is COCCN(CCBr)c1nc(C)cc(C(C)C)n1. The first kappa shape index (κ1) is 15.4. The molecule has 1 rings (SSSR count). The Hall–Kier alpha value is -0.680. The van der Waals surface area contributed by atoms with Crippen molar-refractivity contribution < 1.29 is 4.74 Å². The summed E-state index contributed by atoms with van der Waals surface area (Å²) in [7, 11) is 1.71. The standard InChI is InChI=1S/C13H22BrN3O/c1-10(2)12-9-11(3)15-13(16-12)17(6-5-14)7-8-18-4/h9-10H,5-8H2,1-4H3. The van der Waals surface area contributed by atoms with Crippen LogP contribution >= 0.6 is 15.9 Å². The van der Waals surface area contributed by atoms with Crippen molar-refractivity contribution >= 4 is 21.9 Å². The number of hydrogen-bond acceptors (Lipinski definition) is 4. The van der Waals surface area contributed by atoms with Crippen molar-refractivity contribution in [2.45, 2.75) is 26.7 Å². The van der Waals surface area contributed by atoms with Crippen LogP contribution in [0.5, 0.6) is 0 Å². The molecule has 0 saturated carbocycles. The third-order valence-corrected chi connectivity index (χ3v) is 3.01. The number of rotatable bonds is 7. The lowest BCUT2D eigenvalue weighted by molar-refractivity contribution is 0.205. The number of halogens is 1. The number of methoxy groups -OCH3 is 1. The van der Waals surface area contributed by atoms with Gasteiger partial charge in [-0.2, -0.15) is 0 Å². The fraction of sp³-hybridized carbons (Fsp3) is 0.692. The van der Waals surface area contributed by atoms with Crippen LogP contribution in [0.3, 0.4) is 0 Å². The second kappa shape index (κ2) is 7.69. The van der Waals surface area contributed by atoms with E-state index in [4.69, 9.17) is 4.74 Å². The Balaban J connectivity index is 2.95. The summed E-state index contributed by atoms with van der Waals surface area (Å²) < 4.78 is 5.14. The van der Waals surface area contributed by atoms with Gasteiger partial charge in [-0.25, -0.2) is 9.97 Å². The third-order valence-electron chi connectivity index (χ3n) is 2.66. The van der Waals surface area contributed by atoms with E-state index >= 15 is 0 Å². The van der Waals surface area contributed by atoms with E-state index in [0.29, 0.717) is 12.5 Å². The normalized spacial score (nSPS) is 11.0. The van der Waals surface area contributed by atoms with Gasteiger partial charge in [-0.05, 0) is 18.9 Å². The lowest BCUT2D eigenvalue weighted by Gasteiger charge is -2.22. The molecule has 0 aromatic carbocycles. The maximum Gasteiger partial charge on any atom is 0.225 e. The molecule has 5 heteroatoms. The van der Waals surface area contributed by atoms with Gasteiger partial charge in [0.1, 0.15) is 0 Å². The van der Waals surface area contributed by atoms with Crippen LogP contribution in [0.1, 0.15) is 31.2 Å². The van der Waals surface area contributed by atoms with Crippen molar-refractivity contribution in [2.75, 3.05) is 37.0 Å². The Bertz CT molecular complexity index is 371. The van der Waals surface area contributed by atoms with E-state index in [0.717, 1.165) is 35.8 Å². The predicted octanol–water partition coefficient (Wildman–Crippen LogP) is 2.76. The Labute approximate surface area is 118 Å². The Morgan fingerprint density at radius 2 is 2.06 bits per heavy atom. The quantitative estimate of drug-likeness (QED) is 0.725. The molecule has 0 spiro atoms. The monoisotopic (exact) mass is 315 g/mol. The van der Waals surface area contributed by atoms with E-state index in [2.05, 4.69) is 50.7 Å². The zero-order chi connectivity index (χ0) is 13.5. The number of nitrogens with zero attached hydrogens (tertiary/aromatic N) is 3. The van der Waals surface area contributed by atoms with Crippen molar-refractivity contribution in [2.24, 2.45) is 0 Å². The summed E-state index contributed by atoms with van der Waals surface area (Å²) >= 11 is 3.47. The molecular weight excluding hydrogens is 294 g/mol. The summed E-state index contributed by atoms with van der Waals surface area (Å²) in [5, 5.41) is 0.894. The van der Waals surface area contributed by atoms with Gasteiger partial charge in [-0.1, -0.05) is 29.8 Å². The summed E-state index contributed by atoms with van der Waals surface area (Å²) in [5.74, 6) is 1.22. The molecule has 18 heavy (non-hydrogen) atoms. The molecule has 1 heterocycles. The van der Waals surface area contributed by atoms with E-state index in [9.17, 15) is 0 Å². The topological polar surface area (TPSA) is 38.2 Å². The molecule has 0 amide bonds. The van der Waals surface area contributed by atoms with Gasteiger partial charge >= 0.3 is 0 Å². The molecule has 0 unspecified atom stereocenters. The number of anilines is 1. The zero-order valence-electron chi connectivity index (χ0n) is 11.6. The van der Waals surface area contributed by atoms with Gasteiger partial charge in [-0.3, -0.25) is 0 Å². The Morgan fingerprint density at radius 3 is 2.61 bits per heavy atom. The number of aryl methyl sites for hydroxylation is 1. The first-order valence-electron chi connectivity index (χ1n) is 6.24. The second-order valence-electron chi connectivity index (χ2n) is 4.56. The van der Waals surface area contributed by atoms with Crippen LogP contribution < -0.4 is 4.90 Å². The van der Waals surface area contributed by atoms with Crippen molar-refractivity contribution in [3.8, 4) is 0 Å². The minimum absolute atomic E-state index is 0.415. The average molecular weight is 316 g/mol. The van der Waals surface area contributed by atoms with Crippen LogP contribution in [0.25, 0.3) is 0 Å². The van der Waals surface area contributed by atoms with Crippen LogP contribution in [-0.2, 0) is 4.74 Å². The highest BCUT2D eigenvalue weighted by Gasteiger charge is 2.12. The molecule has 0 fully saturated rings. The molecule has 0 saturated heterocycles. The van der Waals surface area contributed by atoms with Gasteiger partial charge in [0.05, 0.1) is 6.61 Å². The Kier molecular flexibility index (Phi) is 6.57. The zero-order valence-corrected chi connectivity index (χ0v) is 13.2. The fourth-order valence-electron chi connectivity index (χ4n) is 1.63. The first-order valence-corrected chi connectivity index (χ1v) is 7.36. The smallest absolute Gasteiger partial charge is 0.225 e. The van der Waals surface area contributed by atoms with Gasteiger partial charge in [0.2, 0.25) is 5.95 Å². The highest BCUT2D eigenvalue weighted by molar-refractivity contribution is 9.09. The highest BCUT2D eigenvalue weighted by atomic mass is 79.9. The molecular formula is C13H22BrN3O. The second-order valence-corrected chi connectivity index (χ2v) is 5.35. The van der Waals surface area contributed by atoms with Crippen LogP contribution in [0.4, 0.5) is 5.95 Å². The van der Waals surface area contributed by atoms with Crippen LogP contribution in [-0.4, -0.2) is 42.1 Å². The van der Waals surface area contributed by atoms with E-state index in [1.165, 1.54) is 0 Å². The molecule has 0 atom stereocenters. The molecule has 0 N–H and O–H groups in total. The van der Waals surface area contributed by atoms with Gasteiger partial charge < -0.3 is 9.64 Å². The van der Waals surface area contributed by atoms with Gasteiger partial charge in [-0.15, -0.1) is 0 Å². The molecule has 0 aliphatic rings. The highest BCUT2D eigenvalue weighted by Crippen LogP contribution is 2.17. The lowest BCUT2D eigenvalue weighted by Crippen LogP contribution is -2.31. The van der Waals surface area contributed by atoms with E-state index in [1.54, 1.807) is 7.11 Å². The van der Waals surface area contributed by atoms with Crippen LogP contribution in [0.15, 0.2) is 6.07 Å². The van der Waals surface area contributed by atoms with Gasteiger partial charge in [0, 0.05) is 36.9 Å². The number of ether oxygens (including phenoxy) is 1. The van der Waals surface area contributed by atoms with E-state index < -0.39 is 0 Å². The van der Waals surface area contributed by atoms with Gasteiger partial charge in [0.25, 0.3) is 0 Å². The minimum Gasteiger partial charge on any atom is -0.383 e. The summed E-state index contributed by atoms with van der Waals surface area (Å²) in [6.07, 6.45) is 0. The number of hydrogen-bond donors (Lipinski definition) is 0. The lowest BCUT2D eigenvalue weighted by atomic mass is 10.1. The number of alkyl halides is 1. The molecule has 0 radical (unpaired) electrons. The summed E-state index contributed by atoms with van der Waals surface area (Å²) in [6.45, 7) is 8.68. The predicted molar refractivity (Wildman–Crippen MR) is 78.7 cm³/mol. The largest absolute Gasteiger partial charge is 0.383 e. The van der Waals surface area contributed by atoms with Crippen LogP contribution in [0, 0.1) is 6.92 Å². The Morgan fingerprint density at radius 1 is 1.33 bits per heavy atom. The maximum absolute atomic E-state index is 5.14. The average Bonchev–Trinajstić information content (AvgIpc) is 2.33. The summed E-state index contributed by atoms with van der Waals surface area (Å²) in [4.78, 5) is 11.3. The molecule has 0 aliphatic carbocycles. The van der Waals surface area contributed by atoms with Crippen molar-refractivity contribution in [1.82, 2.24) is 9.97 Å². The molecule has 1 aromatic heterocycles. The summed E-state index contributed by atoms with van der Waals surface area (Å²) in [5.41, 5.74) is 2.11. The molecule has 4 nitrogen and oxygen atoms in total. The molecule has 0 bridgehead atoms. The van der Waals surface area contributed by atoms with E-state index in [-0.39, 0.29) is 0 Å². The molecule has 1 aromatic rings. The van der Waals surface area contributed by atoms with Crippen molar-refractivity contribution in [3.63, 3.8) is 0 Å². The minimum atomic E-state index is 0.415. The number of aromatic nitrogens is 2.